The van der Waals surface area contributed by atoms with Gasteiger partial charge < -0.3 is 4.90 Å². The van der Waals surface area contributed by atoms with Crippen LogP contribution in [0, 0.1) is 22.0 Å². The van der Waals surface area contributed by atoms with Crippen LogP contribution in [0.5, 0.6) is 0 Å². The predicted molar refractivity (Wildman–Crippen MR) is 74.7 cm³/mol. The molecule has 0 saturated carbocycles. The van der Waals surface area contributed by atoms with Crippen LogP contribution in [-0.2, 0) is 0 Å². The molecule has 1 aromatic rings. The summed E-state index contributed by atoms with van der Waals surface area (Å²) >= 11 is 5.90. The van der Waals surface area contributed by atoms with Crippen molar-refractivity contribution in [2.75, 3.05) is 13.1 Å². The quantitative estimate of drug-likeness (QED) is 0.478. The zero-order valence-electron chi connectivity index (χ0n) is 11.4. The molecule has 2 heterocycles. The van der Waals surface area contributed by atoms with Crippen molar-refractivity contribution in [2.45, 2.75) is 20.3 Å². The highest BCUT2D eigenvalue weighted by molar-refractivity contribution is 6.32. The molecule has 0 aliphatic carbocycles. The lowest BCUT2D eigenvalue weighted by Gasteiger charge is -2.35. The van der Waals surface area contributed by atoms with Crippen molar-refractivity contribution in [1.82, 2.24) is 9.88 Å². The number of hydrogen-bond donors (Lipinski definition) is 0. The zero-order chi connectivity index (χ0) is 14.9. The average Bonchev–Trinajstić information content (AvgIpc) is 2.41. The maximum Gasteiger partial charge on any atom is 0.288 e. The van der Waals surface area contributed by atoms with E-state index in [2.05, 4.69) is 18.8 Å². The third-order valence-corrected chi connectivity index (χ3v) is 4.19. The molecule has 2 rings (SSSR count). The highest BCUT2D eigenvalue weighted by Crippen LogP contribution is 2.26. The summed E-state index contributed by atoms with van der Waals surface area (Å²) in [6, 6.07) is 1.19. The summed E-state index contributed by atoms with van der Waals surface area (Å²) in [6.45, 7) is 5.54. The second-order valence-electron chi connectivity index (χ2n) is 5.28. The van der Waals surface area contributed by atoms with Crippen molar-refractivity contribution in [3.63, 3.8) is 0 Å². The SMILES string of the molecule is CC1CCN(C(=O)c2cc([N+](=O)[O-])cnc2Cl)CC1C. The van der Waals surface area contributed by atoms with E-state index >= 15 is 0 Å². The summed E-state index contributed by atoms with van der Waals surface area (Å²) in [5.74, 6) is 0.681. The molecule has 1 aliphatic rings. The van der Waals surface area contributed by atoms with E-state index in [0.29, 0.717) is 24.9 Å². The van der Waals surface area contributed by atoms with Gasteiger partial charge in [0.25, 0.3) is 11.6 Å². The number of aromatic nitrogens is 1. The number of rotatable bonds is 2. The van der Waals surface area contributed by atoms with Crippen LogP contribution in [0.3, 0.4) is 0 Å². The zero-order valence-corrected chi connectivity index (χ0v) is 12.1. The van der Waals surface area contributed by atoms with Crippen LogP contribution >= 0.6 is 11.6 Å². The van der Waals surface area contributed by atoms with E-state index in [1.165, 1.54) is 6.07 Å². The molecule has 20 heavy (non-hydrogen) atoms. The third kappa shape index (κ3) is 2.90. The minimum Gasteiger partial charge on any atom is -0.338 e. The largest absolute Gasteiger partial charge is 0.338 e. The summed E-state index contributed by atoms with van der Waals surface area (Å²) < 4.78 is 0. The van der Waals surface area contributed by atoms with Crippen LogP contribution < -0.4 is 0 Å². The minimum atomic E-state index is -0.582. The molecule has 1 amide bonds. The first kappa shape index (κ1) is 14.7. The molecule has 1 aromatic heterocycles. The van der Waals surface area contributed by atoms with Crippen LogP contribution in [-0.4, -0.2) is 33.8 Å². The Morgan fingerprint density at radius 2 is 2.20 bits per heavy atom. The maximum atomic E-state index is 12.4. The van der Waals surface area contributed by atoms with Crippen LogP contribution in [0.2, 0.25) is 5.15 Å². The molecule has 0 radical (unpaired) electrons. The number of amides is 1. The van der Waals surface area contributed by atoms with Crippen molar-refractivity contribution in [1.29, 1.82) is 0 Å². The number of carbonyl (C=O) groups is 1. The first-order chi connectivity index (χ1) is 9.40. The van der Waals surface area contributed by atoms with Gasteiger partial charge in [-0.2, -0.15) is 0 Å². The van der Waals surface area contributed by atoms with Gasteiger partial charge >= 0.3 is 0 Å². The first-order valence-electron chi connectivity index (χ1n) is 6.49. The molecule has 6 nitrogen and oxygen atoms in total. The van der Waals surface area contributed by atoms with Gasteiger partial charge in [0, 0.05) is 19.2 Å². The maximum absolute atomic E-state index is 12.4. The number of halogens is 1. The molecule has 108 valence electrons. The Labute approximate surface area is 121 Å². The Bertz CT molecular complexity index is 550. The third-order valence-electron chi connectivity index (χ3n) is 3.89. The fourth-order valence-corrected chi connectivity index (χ4v) is 2.49. The lowest BCUT2D eigenvalue weighted by molar-refractivity contribution is -0.385. The molecule has 0 bridgehead atoms. The molecule has 1 fully saturated rings. The number of carbonyl (C=O) groups excluding carboxylic acids is 1. The molecular weight excluding hydrogens is 282 g/mol. The van der Waals surface area contributed by atoms with Gasteiger partial charge in [-0.15, -0.1) is 0 Å². The van der Waals surface area contributed by atoms with E-state index < -0.39 is 4.92 Å². The molecule has 0 N–H and O–H groups in total. The highest BCUT2D eigenvalue weighted by atomic mass is 35.5. The van der Waals surface area contributed by atoms with Crippen molar-refractivity contribution in [3.8, 4) is 0 Å². The molecule has 0 spiro atoms. The topological polar surface area (TPSA) is 76.3 Å². The smallest absolute Gasteiger partial charge is 0.288 e. The predicted octanol–water partition coefficient (Wildman–Crippen LogP) is 2.76. The van der Waals surface area contributed by atoms with Crippen molar-refractivity contribution in [3.05, 3.63) is 33.1 Å². The van der Waals surface area contributed by atoms with E-state index in [0.717, 1.165) is 12.6 Å². The van der Waals surface area contributed by atoms with E-state index in [1.54, 1.807) is 4.90 Å². The Morgan fingerprint density at radius 3 is 2.80 bits per heavy atom. The van der Waals surface area contributed by atoms with Crippen molar-refractivity contribution in [2.24, 2.45) is 11.8 Å². The summed E-state index contributed by atoms with van der Waals surface area (Å²) in [5, 5.41) is 10.8. The van der Waals surface area contributed by atoms with Crippen LogP contribution in [0.4, 0.5) is 5.69 Å². The lowest BCUT2D eigenvalue weighted by atomic mass is 9.88. The number of nitro groups is 1. The average molecular weight is 298 g/mol. The lowest BCUT2D eigenvalue weighted by Crippen LogP contribution is -2.42. The van der Waals surface area contributed by atoms with Crippen LogP contribution in [0.15, 0.2) is 12.3 Å². The fraction of sp³-hybridized carbons (Fsp3) is 0.538. The van der Waals surface area contributed by atoms with E-state index in [9.17, 15) is 14.9 Å². The standard InChI is InChI=1S/C13H16ClN3O3/c1-8-3-4-16(7-9(8)2)13(18)11-5-10(17(19)20)6-15-12(11)14/h5-6,8-9H,3-4,7H2,1-2H3. The molecule has 2 unspecified atom stereocenters. The molecule has 0 aromatic carbocycles. The Balaban J connectivity index is 2.25. The molecule has 1 aliphatic heterocycles. The van der Waals surface area contributed by atoms with Gasteiger partial charge in [0.15, 0.2) is 0 Å². The number of hydrogen-bond acceptors (Lipinski definition) is 4. The summed E-state index contributed by atoms with van der Waals surface area (Å²) in [4.78, 5) is 28.0. The van der Waals surface area contributed by atoms with E-state index in [-0.39, 0.29) is 22.3 Å². The monoisotopic (exact) mass is 297 g/mol. The minimum absolute atomic E-state index is 0.00637. The molecule has 1 saturated heterocycles. The summed E-state index contributed by atoms with van der Waals surface area (Å²) in [5.41, 5.74) is -0.126. The second kappa shape index (κ2) is 5.75. The van der Waals surface area contributed by atoms with Crippen LogP contribution in [0.25, 0.3) is 0 Å². The Kier molecular flexibility index (Phi) is 4.23. The van der Waals surface area contributed by atoms with Crippen LogP contribution in [0.1, 0.15) is 30.6 Å². The number of likely N-dealkylation sites (tertiary alicyclic amines) is 1. The second-order valence-corrected chi connectivity index (χ2v) is 5.64. The van der Waals surface area contributed by atoms with Gasteiger partial charge in [0.1, 0.15) is 11.3 Å². The molecule has 7 heteroatoms. The van der Waals surface area contributed by atoms with Crippen molar-refractivity contribution >= 4 is 23.2 Å². The van der Waals surface area contributed by atoms with Gasteiger partial charge in [-0.25, -0.2) is 4.98 Å². The Morgan fingerprint density at radius 1 is 1.50 bits per heavy atom. The van der Waals surface area contributed by atoms with Crippen molar-refractivity contribution < 1.29 is 9.72 Å². The molecule has 2 atom stereocenters. The molecular formula is C13H16ClN3O3. The normalized spacial score (nSPS) is 22.6. The highest BCUT2D eigenvalue weighted by Gasteiger charge is 2.28. The van der Waals surface area contributed by atoms with Gasteiger partial charge in [-0.3, -0.25) is 14.9 Å². The van der Waals surface area contributed by atoms with Gasteiger partial charge in [-0.05, 0) is 18.3 Å². The van der Waals surface area contributed by atoms with E-state index in [4.69, 9.17) is 11.6 Å². The first-order valence-corrected chi connectivity index (χ1v) is 6.87. The van der Waals surface area contributed by atoms with Gasteiger partial charge in [-0.1, -0.05) is 25.4 Å². The number of piperidine rings is 1. The fourth-order valence-electron chi connectivity index (χ4n) is 2.30. The number of pyridine rings is 1. The number of nitrogens with zero attached hydrogens (tertiary/aromatic N) is 3. The van der Waals surface area contributed by atoms with Gasteiger partial charge in [0.05, 0.1) is 10.5 Å². The summed E-state index contributed by atoms with van der Waals surface area (Å²) in [6.07, 6.45) is 1.98. The summed E-state index contributed by atoms with van der Waals surface area (Å²) in [7, 11) is 0. The van der Waals surface area contributed by atoms with E-state index in [1.807, 2.05) is 0 Å². The Hall–Kier alpha value is -1.69. The van der Waals surface area contributed by atoms with Gasteiger partial charge in [0.2, 0.25) is 0 Å².